The van der Waals surface area contributed by atoms with E-state index in [1.54, 1.807) is 13.3 Å². The van der Waals surface area contributed by atoms with Crippen molar-refractivity contribution in [2.45, 2.75) is 19.6 Å². The van der Waals surface area contributed by atoms with Gasteiger partial charge in [-0.2, -0.15) is 0 Å². The van der Waals surface area contributed by atoms with E-state index in [2.05, 4.69) is 4.98 Å². The second kappa shape index (κ2) is 3.50. The molecule has 1 heterocycles. The summed E-state index contributed by atoms with van der Waals surface area (Å²) in [5.41, 5.74) is 5.53. The van der Waals surface area contributed by atoms with Crippen molar-refractivity contribution in [3.05, 3.63) is 17.8 Å². The van der Waals surface area contributed by atoms with Gasteiger partial charge < -0.3 is 14.9 Å². The van der Waals surface area contributed by atoms with Gasteiger partial charge in [-0.1, -0.05) is 0 Å². The van der Waals surface area contributed by atoms with Crippen LogP contribution in [0.3, 0.4) is 0 Å². The lowest BCUT2D eigenvalue weighted by Crippen LogP contribution is -2.04. The Bertz CT molecular complexity index is 220. The number of nitrogens with zero attached hydrogens (tertiary/aromatic N) is 1. The van der Waals surface area contributed by atoms with Gasteiger partial charge >= 0.3 is 0 Å². The Kier molecular flexibility index (Phi) is 2.62. The number of hydrogen-bond donors (Lipinski definition) is 1. The Morgan fingerprint density at radius 3 is 3.00 bits per heavy atom. The lowest BCUT2D eigenvalue weighted by atomic mass is 10.4. The molecule has 0 spiro atoms. The zero-order valence-corrected chi connectivity index (χ0v) is 6.70. The molecule has 1 aromatic rings. The fourth-order valence-corrected chi connectivity index (χ4v) is 0.742. The number of ether oxygens (including phenoxy) is 1. The molecule has 0 bridgehead atoms. The number of hydrogen-bond acceptors (Lipinski definition) is 4. The molecule has 62 valence electrons. The molecule has 1 atom stereocenters. The largest absolute Gasteiger partial charge is 0.442 e. The predicted octanol–water partition coefficient (Wildman–Crippen LogP) is 0.841. The highest BCUT2D eigenvalue weighted by molar-refractivity contribution is 4.95. The second-order valence-electron chi connectivity index (χ2n) is 2.39. The monoisotopic (exact) mass is 156 g/mol. The average molecular weight is 156 g/mol. The molecule has 0 saturated carbocycles. The van der Waals surface area contributed by atoms with Crippen molar-refractivity contribution in [3.8, 4) is 0 Å². The van der Waals surface area contributed by atoms with E-state index in [0.717, 1.165) is 0 Å². The lowest BCUT2D eigenvalue weighted by Gasteiger charge is -1.96. The van der Waals surface area contributed by atoms with E-state index in [1.807, 2.05) is 6.92 Å². The summed E-state index contributed by atoms with van der Waals surface area (Å²) in [5.74, 6) is 1.26. The zero-order valence-electron chi connectivity index (χ0n) is 6.70. The van der Waals surface area contributed by atoms with Crippen LogP contribution in [0, 0.1) is 0 Å². The quantitative estimate of drug-likeness (QED) is 0.704. The molecule has 0 aliphatic rings. The number of nitrogens with two attached hydrogens (primary N) is 1. The maximum atomic E-state index is 5.53. The van der Waals surface area contributed by atoms with Crippen LogP contribution in [0.1, 0.15) is 24.6 Å². The summed E-state index contributed by atoms with van der Waals surface area (Å²) in [6, 6.07) is -0.152. The summed E-state index contributed by atoms with van der Waals surface area (Å²) in [7, 11) is 1.61. The molecule has 0 amide bonds. The minimum Gasteiger partial charge on any atom is -0.442 e. The summed E-state index contributed by atoms with van der Waals surface area (Å²) in [5, 5.41) is 0. The van der Waals surface area contributed by atoms with Crippen molar-refractivity contribution in [2.75, 3.05) is 7.11 Å². The maximum absolute atomic E-state index is 5.53. The van der Waals surface area contributed by atoms with Crippen LogP contribution in [-0.4, -0.2) is 12.1 Å². The first-order chi connectivity index (χ1) is 5.24. The molecule has 2 N–H and O–H groups in total. The predicted molar refractivity (Wildman–Crippen MR) is 39.8 cm³/mol. The molecule has 0 aromatic carbocycles. The van der Waals surface area contributed by atoms with Crippen LogP contribution in [0.4, 0.5) is 0 Å². The molecular formula is C7H12N2O2. The highest BCUT2D eigenvalue weighted by atomic mass is 16.5. The number of oxazole rings is 1. The highest BCUT2D eigenvalue weighted by Gasteiger charge is 2.06. The normalized spacial score (nSPS) is 13.4. The van der Waals surface area contributed by atoms with E-state index in [4.69, 9.17) is 14.9 Å². The lowest BCUT2D eigenvalue weighted by molar-refractivity contribution is 0.162. The first kappa shape index (κ1) is 8.23. The maximum Gasteiger partial charge on any atom is 0.211 e. The van der Waals surface area contributed by atoms with Crippen molar-refractivity contribution in [3.63, 3.8) is 0 Å². The Morgan fingerprint density at radius 1 is 1.82 bits per heavy atom. The third-order valence-corrected chi connectivity index (χ3v) is 1.25. The van der Waals surface area contributed by atoms with Crippen LogP contribution in [0.15, 0.2) is 10.6 Å². The topological polar surface area (TPSA) is 61.3 Å². The zero-order chi connectivity index (χ0) is 8.27. The van der Waals surface area contributed by atoms with Crippen LogP contribution in [0.5, 0.6) is 0 Å². The van der Waals surface area contributed by atoms with Gasteiger partial charge in [0.2, 0.25) is 5.89 Å². The SMILES string of the molecule is COCc1cnc(C(C)N)o1. The molecule has 0 saturated heterocycles. The van der Waals surface area contributed by atoms with Crippen molar-refractivity contribution in [1.82, 2.24) is 4.98 Å². The van der Waals surface area contributed by atoms with Gasteiger partial charge in [0.1, 0.15) is 12.4 Å². The van der Waals surface area contributed by atoms with Gasteiger partial charge in [0.05, 0.1) is 12.2 Å². The average Bonchev–Trinajstić information content (AvgIpc) is 2.37. The van der Waals surface area contributed by atoms with E-state index in [-0.39, 0.29) is 6.04 Å². The molecule has 0 aliphatic heterocycles. The van der Waals surface area contributed by atoms with Crippen molar-refractivity contribution < 1.29 is 9.15 Å². The molecule has 11 heavy (non-hydrogen) atoms. The Morgan fingerprint density at radius 2 is 2.55 bits per heavy atom. The molecule has 0 fully saturated rings. The Labute approximate surface area is 65.4 Å². The smallest absolute Gasteiger partial charge is 0.211 e. The van der Waals surface area contributed by atoms with Gasteiger partial charge in [0.15, 0.2) is 0 Å². The van der Waals surface area contributed by atoms with Crippen molar-refractivity contribution >= 4 is 0 Å². The van der Waals surface area contributed by atoms with Gasteiger partial charge in [-0.15, -0.1) is 0 Å². The Balaban J connectivity index is 2.66. The van der Waals surface area contributed by atoms with E-state index in [9.17, 15) is 0 Å². The first-order valence-corrected chi connectivity index (χ1v) is 3.43. The van der Waals surface area contributed by atoms with E-state index >= 15 is 0 Å². The van der Waals surface area contributed by atoms with Gasteiger partial charge in [-0.3, -0.25) is 0 Å². The summed E-state index contributed by atoms with van der Waals surface area (Å²) in [6.45, 7) is 2.27. The second-order valence-corrected chi connectivity index (χ2v) is 2.39. The first-order valence-electron chi connectivity index (χ1n) is 3.43. The summed E-state index contributed by atoms with van der Waals surface area (Å²) >= 11 is 0. The summed E-state index contributed by atoms with van der Waals surface area (Å²) in [6.07, 6.45) is 1.63. The van der Waals surface area contributed by atoms with E-state index in [1.165, 1.54) is 0 Å². The number of methoxy groups -OCH3 is 1. The van der Waals surface area contributed by atoms with E-state index < -0.39 is 0 Å². The third-order valence-electron chi connectivity index (χ3n) is 1.25. The van der Waals surface area contributed by atoms with Crippen molar-refractivity contribution in [1.29, 1.82) is 0 Å². The third kappa shape index (κ3) is 2.03. The molecule has 0 aliphatic carbocycles. The van der Waals surface area contributed by atoms with Gasteiger partial charge in [-0.05, 0) is 6.92 Å². The van der Waals surface area contributed by atoms with Crippen LogP contribution in [0.25, 0.3) is 0 Å². The van der Waals surface area contributed by atoms with Crippen LogP contribution < -0.4 is 5.73 Å². The molecular weight excluding hydrogens is 144 g/mol. The van der Waals surface area contributed by atoms with E-state index in [0.29, 0.717) is 18.3 Å². The summed E-state index contributed by atoms with van der Waals surface area (Å²) in [4.78, 5) is 3.96. The van der Waals surface area contributed by atoms with Gasteiger partial charge in [0, 0.05) is 7.11 Å². The minimum atomic E-state index is -0.152. The fourth-order valence-electron chi connectivity index (χ4n) is 0.742. The molecule has 1 aromatic heterocycles. The molecule has 1 rings (SSSR count). The van der Waals surface area contributed by atoms with Gasteiger partial charge in [0.25, 0.3) is 0 Å². The van der Waals surface area contributed by atoms with Crippen LogP contribution in [-0.2, 0) is 11.3 Å². The van der Waals surface area contributed by atoms with Crippen LogP contribution >= 0.6 is 0 Å². The fraction of sp³-hybridized carbons (Fsp3) is 0.571. The van der Waals surface area contributed by atoms with Crippen LogP contribution in [0.2, 0.25) is 0 Å². The Hall–Kier alpha value is -0.870. The van der Waals surface area contributed by atoms with Crippen molar-refractivity contribution in [2.24, 2.45) is 5.73 Å². The molecule has 4 nitrogen and oxygen atoms in total. The minimum absolute atomic E-state index is 0.152. The number of rotatable bonds is 3. The molecule has 0 radical (unpaired) electrons. The number of aromatic nitrogens is 1. The summed E-state index contributed by atoms with van der Waals surface area (Å²) < 4.78 is 10.1. The standard InChI is InChI=1S/C7H12N2O2/c1-5(8)7-9-3-6(11-7)4-10-2/h3,5H,4,8H2,1-2H3. The molecule has 4 heteroatoms. The highest BCUT2D eigenvalue weighted by Crippen LogP contribution is 2.10. The molecule has 1 unspecified atom stereocenters. The van der Waals surface area contributed by atoms with Gasteiger partial charge in [-0.25, -0.2) is 4.98 Å².